The standard InChI is InChI=1S/C13H13N3O2S2/c1-10-2-4-12(5-3-10)20(17,18)14-8-11-9-16-6-7-19-13(16)15-11/h2-7,9,14H,8H2,1H3. The predicted molar refractivity (Wildman–Crippen MR) is 78.3 cm³/mol. The summed E-state index contributed by atoms with van der Waals surface area (Å²) in [5.41, 5.74) is 1.73. The topological polar surface area (TPSA) is 63.5 Å². The number of nitrogens with zero attached hydrogens (tertiary/aromatic N) is 2. The molecule has 2 aromatic heterocycles. The first-order valence-corrected chi connectivity index (χ1v) is 8.38. The van der Waals surface area contributed by atoms with Crippen LogP contribution in [0.3, 0.4) is 0 Å². The summed E-state index contributed by atoms with van der Waals surface area (Å²) in [6.45, 7) is 2.10. The number of hydrogen-bond donors (Lipinski definition) is 1. The summed E-state index contributed by atoms with van der Waals surface area (Å²) in [7, 11) is -3.49. The van der Waals surface area contributed by atoms with Gasteiger partial charge in [-0.1, -0.05) is 17.7 Å². The summed E-state index contributed by atoms with van der Waals surface area (Å²) in [5.74, 6) is 0. The Kier molecular flexibility index (Phi) is 3.33. The van der Waals surface area contributed by atoms with Crippen LogP contribution in [0.1, 0.15) is 11.3 Å². The maximum atomic E-state index is 12.1. The molecule has 5 nitrogen and oxygen atoms in total. The molecule has 0 fully saturated rings. The molecule has 0 aliphatic heterocycles. The lowest BCUT2D eigenvalue weighted by Gasteiger charge is -2.05. The minimum absolute atomic E-state index is 0.185. The van der Waals surface area contributed by atoms with Gasteiger partial charge in [0.05, 0.1) is 17.1 Å². The normalized spacial score (nSPS) is 12.1. The fraction of sp³-hybridized carbons (Fsp3) is 0.154. The number of benzene rings is 1. The first-order valence-electron chi connectivity index (χ1n) is 6.02. The SMILES string of the molecule is Cc1ccc(S(=O)(=O)NCc2cn3ccsc3n2)cc1. The van der Waals surface area contributed by atoms with Crippen LogP contribution in [0.15, 0.2) is 46.9 Å². The van der Waals surface area contributed by atoms with Crippen LogP contribution in [-0.2, 0) is 16.6 Å². The lowest BCUT2D eigenvalue weighted by molar-refractivity contribution is 0.580. The van der Waals surface area contributed by atoms with Gasteiger partial charge in [-0.2, -0.15) is 0 Å². The van der Waals surface area contributed by atoms with Crippen LogP contribution in [0.2, 0.25) is 0 Å². The molecule has 0 atom stereocenters. The smallest absolute Gasteiger partial charge is 0.240 e. The van der Waals surface area contributed by atoms with Crippen LogP contribution >= 0.6 is 11.3 Å². The van der Waals surface area contributed by atoms with E-state index >= 15 is 0 Å². The van der Waals surface area contributed by atoms with Crippen molar-refractivity contribution in [2.24, 2.45) is 0 Å². The number of fused-ring (bicyclic) bond motifs is 1. The fourth-order valence-corrected chi connectivity index (χ4v) is 3.55. The maximum absolute atomic E-state index is 12.1. The van der Waals surface area contributed by atoms with Crippen LogP contribution in [0.25, 0.3) is 4.96 Å². The van der Waals surface area contributed by atoms with E-state index in [-0.39, 0.29) is 11.4 Å². The van der Waals surface area contributed by atoms with Gasteiger partial charge < -0.3 is 0 Å². The fourth-order valence-electron chi connectivity index (χ4n) is 1.83. The van der Waals surface area contributed by atoms with Crippen molar-refractivity contribution in [2.75, 3.05) is 0 Å². The number of rotatable bonds is 4. The third-order valence-electron chi connectivity index (χ3n) is 2.92. The Morgan fingerprint density at radius 1 is 1.30 bits per heavy atom. The lowest BCUT2D eigenvalue weighted by Crippen LogP contribution is -2.23. The number of aromatic nitrogens is 2. The van der Waals surface area contributed by atoms with Crippen molar-refractivity contribution in [1.29, 1.82) is 0 Å². The van der Waals surface area contributed by atoms with E-state index in [2.05, 4.69) is 9.71 Å². The van der Waals surface area contributed by atoms with Gasteiger partial charge in [-0.3, -0.25) is 4.40 Å². The van der Waals surface area contributed by atoms with E-state index in [1.54, 1.807) is 24.3 Å². The third-order valence-corrected chi connectivity index (χ3v) is 5.11. The molecular formula is C13H13N3O2S2. The molecule has 2 heterocycles. The Morgan fingerprint density at radius 3 is 2.75 bits per heavy atom. The Hall–Kier alpha value is -1.70. The summed E-state index contributed by atoms with van der Waals surface area (Å²) in [6.07, 6.45) is 3.72. The van der Waals surface area contributed by atoms with Crippen LogP contribution in [0.4, 0.5) is 0 Å². The van der Waals surface area contributed by atoms with Crippen molar-refractivity contribution in [2.45, 2.75) is 18.4 Å². The molecule has 0 amide bonds. The van der Waals surface area contributed by atoms with Crippen molar-refractivity contribution in [3.63, 3.8) is 0 Å². The number of aryl methyl sites for hydroxylation is 1. The van der Waals surface area contributed by atoms with Gasteiger partial charge in [0, 0.05) is 17.8 Å². The van der Waals surface area contributed by atoms with E-state index in [1.807, 2.05) is 29.1 Å². The molecule has 0 saturated heterocycles. The highest BCUT2D eigenvalue weighted by atomic mass is 32.2. The van der Waals surface area contributed by atoms with Gasteiger partial charge in [0.15, 0.2) is 4.96 Å². The van der Waals surface area contributed by atoms with Crippen molar-refractivity contribution in [3.8, 4) is 0 Å². The minimum atomic E-state index is -3.49. The molecule has 0 spiro atoms. The highest BCUT2D eigenvalue weighted by Gasteiger charge is 2.14. The Bertz CT molecular complexity index is 804. The molecule has 1 aromatic carbocycles. The molecule has 0 aliphatic carbocycles. The number of sulfonamides is 1. The molecule has 1 N–H and O–H groups in total. The molecule has 104 valence electrons. The van der Waals surface area contributed by atoms with Gasteiger partial charge in [0.2, 0.25) is 10.0 Å². The van der Waals surface area contributed by atoms with Crippen molar-refractivity contribution in [3.05, 3.63) is 53.3 Å². The van der Waals surface area contributed by atoms with E-state index in [4.69, 9.17) is 0 Å². The van der Waals surface area contributed by atoms with Crippen LogP contribution in [0.5, 0.6) is 0 Å². The third kappa shape index (κ3) is 2.60. The Morgan fingerprint density at radius 2 is 2.05 bits per heavy atom. The average molecular weight is 307 g/mol. The van der Waals surface area contributed by atoms with E-state index in [0.29, 0.717) is 5.69 Å². The molecule has 7 heteroatoms. The number of nitrogens with one attached hydrogen (secondary N) is 1. The van der Waals surface area contributed by atoms with E-state index in [1.165, 1.54) is 11.3 Å². The highest BCUT2D eigenvalue weighted by Crippen LogP contribution is 2.13. The molecule has 20 heavy (non-hydrogen) atoms. The van der Waals surface area contributed by atoms with Gasteiger partial charge in [0.1, 0.15) is 0 Å². The predicted octanol–water partition coefficient (Wildman–Crippen LogP) is 2.18. The van der Waals surface area contributed by atoms with E-state index < -0.39 is 10.0 Å². The molecule has 3 aromatic rings. The van der Waals surface area contributed by atoms with Gasteiger partial charge in [0.25, 0.3) is 0 Å². The summed E-state index contributed by atoms with van der Waals surface area (Å²) in [4.78, 5) is 5.46. The molecule has 0 unspecified atom stereocenters. The number of thiazole rings is 1. The number of imidazole rings is 1. The zero-order chi connectivity index (χ0) is 14.2. The lowest BCUT2D eigenvalue weighted by atomic mass is 10.2. The molecule has 0 aliphatic rings. The minimum Gasteiger partial charge on any atom is -0.297 e. The molecule has 3 rings (SSSR count). The highest BCUT2D eigenvalue weighted by molar-refractivity contribution is 7.89. The van der Waals surface area contributed by atoms with E-state index in [9.17, 15) is 8.42 Å². The van der Waals surface area contributed by atoms with E-state index in [0.717, 1.165) is 10.5 Å². The zero-order valence-electron chi connectivity index (χ0n) is 10.8. The maximum Gasteiger partial charge on any atom is 0.240 e. The van der Waals surface area contributed by atoms with Gasteiger partial charge in [-0.15, -0.1) is 11.3 Å². The monoisotopic (exact) mass is 307 g/mol. The second-order valence-corrected chi connectivity index (χ2v) is 7.10. The molecular weight excluding hydrogens is 294 g/mol. The Balaban J connectivity index is 1.76. The van der Waals surface area contributed by atoms with Crippen molar-refractivity contribution < 1.29 is 8.42 Å². The zero-order valence-corrected chi connectivity index (χ0v) is 12.4. The first-order chi connectivity index (χ1) is 9.54. The summed E-state index contributed by atoms with van der Waals surface area (Å²) >= 11 is 1.51. The quantitative estimate of drug-likeness (QED) is 0.803. The van der Waals surface area contributed by atoms with Crippen LogP contribution in [0, 0.1) is 6.92 Å². The largest absolute Gasteiger partial charge is 0.297 e. The Labute approximate surface area is 121 Å². The van der Waals surface area contributed by atoms with Crippen LogP contribution < -0.4 is 4.72 Å². The van der Waals surface area contributed by atoms with Crippen molar-refractivity contribution >= 4 is 26.3 Å². The second kappa shape index (κ2) is 5.01. The number of hydrogen-bond acceptors (Lipinski definition) is 4. The van der Waals surface area contributed by atoms with Gasteiger partial charge in [-0.05, 0) is 19.1 Å². The van der Waals surface area contributed by atoms with Gasteiger partial charge >= 0.3 is 0 Å². The molecule has 0 bridgehead atoms. The average Bonchev–Trinajstić information content (AvgIpc) is 2.97. The first kappa shape index (κ1) is 13.3. The van der Waals surface area contributed by atoms with Crippen LogP contribution in [-0.4, -0.2) is 17.8 Å². The summed E-state index contributed by atoms with van der Waals surface area (Å²) in [5, 5.41) is 1.93. The summed E-state index contributed by atoms with van der Waals surface area (Å²) < 4.78 is 28.7. The second-order valence-electron chi connectivity index (χ2n) is 4.46. The molecule has 0 radical (unpaired) electrons. The van der Waals surface area contributed by atoms with Crippen molar-refractivity contribution in [1.82, 2.24) is 14.1 Å². The molecule has 0 saturated carbocycles. The summed E-state index contributed by atoms with van der Waals surface area (Å²) in [6, 6.07) is 6.76. The van der Waals surface area contributed by atoms with Gasteiger partial charge in [-0.25, -0.2) is 18.1 Å².